The molecule has 0 aromatic heterocycles. The maximum absolute atomic E-state index is 10.6. The standard InChI is InChI=1S/C23H31NO4/c1-18(16-27-2)24-15-19(9-4-3-5-14-23(25)26)17-28-22-13-8-11-20-10-6-7-12-21(20)22/h6-13,18,24H,3-5,14-17H2,1-2H3,(H,25,26)/b19-9-. The van der Waals surface area contributed by atoms with Crippen molar-refractivity contribution >= 4 is 16.7 Å². The van der Waals surface area contributed by atoms with Gasteiger partial charge in [0.15, 0.2) is 0 Å². The predicted octanol–water partition coefficient (Wildman–Crippen LogP) is 4.41. The van der Waals surface area contributed by atoms with Crippen molar-refractivity contribution < 1.29 is 19.4 Å². The molecule has 0 saturated heterocycles. The monoisotopic (exact) mass is 385 g/mol. The zero-order chi connectivity index (χ0) is 20.2. The highest BCUT2D eigenvalue weighted by molar-refractivity contribution is 5.88. The van der Waals surface area contributed by atoms with E-state index in [9.17, 15) is 4.79 Å². The van der Waals surface area contributed by atoms with Crippen LogP contribution in [0.4, 0.5) is 0 Å². The Hall–Kier alpha value is -2.37. The van der Waals surface area contributed by atoms with Gasteiger partial charge in [-0.15, -0.1) is 0 Å². The van der Waals surface area contributed by atoms with Crippen molar-refractivity contribution in [3.8, 4) is 5.75 Å². The lowest BCUT2D eigenvalue weighted by molar-refractivity contribution is -0.137. The van der Waals surface area contributed by atoms with Crippen LogP contribution in [0, 0.1) is 0 Å². The summed E-state index contributed by atoms with van der Waals surface area (Å²) in [7, 11) is 1.70. The van der Waals surface area contributed by atoms with Crippen molar-refractivity contribution in [3.63, 3.8) is 0 Å². The van der Waals surface area contributed by atoms with Crippen LogP contribution in [0.1, 0.15) is 32.6 Å². The Balaban J connectivity index is 1.97. The molecule has 152 valence electrons. The van der Waals surface area contributed by atoms with Crippen LogP contribution in [-0.2, 0) is 9.53 Å². The molecule has 0 amide bonds. The van der Waals surface area contributed by atoms with Crippen LogP contribution in [0.2, 0.25) is 0 Å². The van der Waals surface area contributed by atoms with E-state index in [1.807, 2.05) is 24.3 Å². The molecule has 2 rings (SSSR count). The number of carbonyl (C=O) groups is 1. The minimum absolute atomic E-state index is 0.221. The molecule has 5 nitrogen and oxygen atoms in total. The van der Waals surface area contributed by atoms with Gasteiger partial charge >= 0.3 is 5.97 Å². The van der Waals surface area contributed by atoms with E-state index in [0.29, 0.717) is 26.2 Å². The third-order valence-electron chi connectivity index (χ3n) is 4.53. The van der Waals surface area contributed by atoms with Crippen molar-refractivity contribution in [2.24, 2.45) is 0 Å². The highest BCUT2D eigenvalue weighted by atomic mass is 16.5. The van der Waals surface area contributed by atoms with Crippen molar-refractivity contribution in [1.82, 2.24) is 5.32 Å². The van der Waals surface area contributed by atoms with E-state index >= 15 is 0 Å². The number of methoxy groups -OCH3 is 1. The van der Waals surface area contributed by atoms with Crippen LogP contribution >= 0.6 is 0 Å². The van der Waals surface area contributed by atoms with E-state index in [-0.39, 0.29) is 12.5 Å². The summed E-state index contributed by atoms with van der Waals surface area (Å²) in [6.45, 7) is 3.95. The minimum Gasteiger partial charge on any atom is -0.489 e. The molecule has 28 heavy (non-hydrogen) atoms. The van der Waals surface area contributed by atoms with Gasteiger partial charge in [-0.1, -0.05) is 42.5 Å². The molecule has 0 saturated carbocycles. The Morgan fingerprint density at radius 2 is 1.96 bits per heavy atom. The summed E-state index contributed by atoms with van der Waals surface area (Å²) in [6, 6.07) is 14.5. The molecule has 2 N–H and O–H groups in total. The number of hydrogen-bond acceptors (Lipinski definition) is 4. The van der Waals surface area contributed by atoms with E-state index in [1.165, 1.54) is 0 Å². The molecular formula is C23H31NO4. The maximum atomic E-state index is 10.6. The number of rotatable bonds is 13. The van der Waals surface area contributed by atoms with Crippen molar-refractivity contribution in [3.05, 3.63) is 54.1 Å². The summed E-state index contributed by atoms with van der Waals surface area (Å²) in [5, 5.41) is 14.5. The van der Waals surface area contributed by atoms with Gasteiger partial charge in [-0.05, 0) is 43.2 Å². The molecule has 0 aliphatic carbocycles. The third-order valence-corrected chi connectivity index (χ3v) is 4.53. The molecule has 0 aliphatic rings. The normalized spacial score (nSPS) is 12.9. The molecule has 0 aliphatic heterocycles. The van der Waals surface area contributed by atoms with Gasteiger partial charge in [0, 0.05) is 31.5 Å². The number of aliphatic carboxylic acids is 1. The molecular weight excluding hydrogens is 354 g/mol. The van der Waals surface area contributed by atoms with Crippen LogP contribution in [0.25, 0.3) is 10.8 Å². The molecule has 5 heteroatoms. The summed E-state index contributed by atoms with van der Waals surface area (Å²) in [5.41, 5.74) is 1.16. The molecule has 1 atom stereocenters. The van der Waals surface area contributed by atoms with Crippen molar-refractivity contribution in [1.29, 1.82) is 0 Å². The number of carboxylic acid groups (broad SMARTS) is 1. The van der Waals surface area contributed by atoms with Gasteiger partial charge in [0.1, 0.15) is 12.4 Å². The van der Waals surface area contributed by atoms with Crippen LogP contribution in [0.5, 0.6) is 5.75 Å². The molecule has 0 fully saturated rings. The Morgan fingerprint density at radius 1 is 1.18 bits per heavy atom. The molecule has 2 aromatic carbocycles. The largest absolute Gasteiger partial charge is 0.489 e. The van der Waals surface area contributed by atoms with Gasteiger partial charge in [0.05, 0.1) is 6.61 Å². The van der Waals surface area contributed by atoms with Gasteiger partial charge in [0.2, 0.25) is 0 Å². The molecule has 1 unspecified atom stereocenters. The fraction of sp³-hybridized carbons (Fsp3) is 0.435. The number of carboxylic acids is 1. The number of benzene rings is 2. The average molecular weight is 386 g/mol. The Bertz CT molecular complexity index is 767. The van der Waals surface area contributed by atoms with Gasteiger partial charge in [-0.2, -0.15) is 0 Å². The number of nitrogens with one attached hydrogen (secondary N) is 1. The van der Waals surface area contributed by atoms with Gasteiger partial charge < -0.3 is 19.9 Å². The quantitative estimate of drug-likeness (QED) is 0.395. The molecule has 0 radical (unpaired) electrons. The van der Waals surface area contributed by atoms with E-state index in [2.05, 4.69) is 36.5 Å². The second kappa shape index (κ2) is 12.2. The lowest BCUT2D eigenvalue weighted by Crippen LogP contribution is -2.32. The topological polar surface area (TPSA) is 67.8 Å². The molecule has 2 aromatic rings. The van der Waals surface area contributed by atoms with Crippen LogP contribution in [0.15, 0.2) is 54.1 Å². The second-order valence-corrected chi connectivity index (χ2v) is 7.01. The first-order valence-electron chi connectivity index (χ1n) is 9.82. The Kier molecular flexibility index (Phi) is 9.52. The van der Waals surface area contributed by atoms with Crippen LogP contribution < -0.4 is 10.1 Å². The summed E-state index contributed by atoms with van der Waals surface area (Å²) in [5.74, 6) is 0.137. The molecule has 0 bridgehead atoms. The first-order valence-corrected chi connectivity index (χ1v) is 9.82. The lowest BCUT2D eigenvalue weighted by atomic mass is 10.1. The van der Waals surface area contributed by atoms with Crippen LogP contribution in [0.3, 0.4) is 0 Å². The van der Waals surface area contributed by atoms with E-state index in [0.717, 1.165) is 34.9 Å². The number of fused-ring (bicyclic) bond motifs is 1. The van der Waals surface area contributed by atoms with E-state index in [4.69, 9.17) is 14.6 Å². The van der Waals surface area contributed by atoms with Crippen molar-refractivity contribution in [2.45, 2.75) is 38.6 Å². The van der Waals surface area contributed by atoms with Crippen molar-refractivity contribution in [2.75, 3.05) is 26.9 Å². The highest BCUT2D eigenvalue weighted by Crippen LogP contribution is 2.25. The maximum Gasteiger partial charge on any atom is 0.303 e. The fourth-order valence-electron chi connectivity index (χ4n) is 3.02. The fourth-order valence-corrected chi connectivity index (χ4v) is 3.02. The van der Waals surface area contributed by atoms with E-state index < -0.39 is 5.97 Å². The first kappa shape index (κ1) is 21.9. The smallest absolute Gasteiger partial charge is 0.303 e. The summed E-state index contributed by atoms with van der Waals surface area (Å²) in [4.78, 5) is 10.6. The zero-order valence-corrected chi connectivity index (χ0v) is 16.8. The third kappa shape index (κ3) is 7.71. The second-order valence-electron chi connectivity index (χ2n) is 7.01. The molecule has 0 spiro atoms. The zero-order valence-electron chi connectivity index (χ0n) is 16.8. The minimum atomic E-state index is -0.737. The molecule has 0 heterocycles. The first-order chi connectivity index (χ1) is 13.6. The summed E-state index contributed by atoms with van der Waals surface area (Å²) >= 11 is 0. The van der Waals surface area contributed by atoms with E-state index in [1.54, 1.807) is 7.11 Å². The van der Waals surface area contributed by atoms with Gasteiger partial charge in [0.25, 0.3) is 0 Å². The number of hydrogen-bond donors (Lipinski definition) is 2. The highest BCUT2D eigenvalue weighted by Gasteiger charge is 2.06. The van der Waals surface area contributed by atoms with Gasteiger partial charge in [-0.25, -0.2) is 0 Å². The summed E-state index contributed by atoms with van der Waals surface area (Å²) < 4.78 is 11.3. The predicted molar refractivity (Wildman–Crippen MR) is 113 cm³/mol. The Labute approximate surface area is 167 Å². The van der Waals surface area contributed by atoms with Gasteiger partial charge in [-0.3, -0.25) is 4.79 Å². The lowest BCUT2D eigenvalue weighted by Gasteiger charge is -2.16. The number of allylic oxidation sites excluding steroid dienone is 1. The Morgan fingerprint density at radius 3 is 2.75 bits per heavy atom. The number of ether oxygens (including phenoxy) is 2. The number of unbranched alkanes of at least 4 members (excludes halogenated alkanes) is 2. The SMILES string of the molecule is COCC(C)NC/C(=C/CCCCC(=O)O)COc1cccc2ccccc12. The summed E-state index contributed by atoms with van der Waals surface area (Å²) in [6.07, 6.45) is 4.79. The van der Waals surface area contributed by atoms with Crippen LogP contribution in [-0.4, -0.2) is 44.0 Å². The average Bonchev–Trinajstić information content (AvgIpc) is 2.69.